The average Bonchev–Trinajstić information content (AvgIpc) is 2.21. The number of aliphatic hydroxyl groups is 1. The maximum atomic E-state index is 9.42. The second-order valence-electron chi connectivity index (χ2n) is 6.78. The van der Waals surface area contributed by atoms with E-state index < -0.39 is 0 Å². The second-order valence-corrected chi connectivity index (χ2v) is 6.78. The summed E-state index contributed by atoms with van der Waals surface area (Å²) in [6, 6.07) is 0.333. The van der Waals surface area contributed by atoms with Crippen LogP contribution >= 0.6 is 0 Å². The van der Waals surface area contributed by atoms with Gasteiger partial charge in [0.05, 0.1) is 6.10 Å². The summed E-state index contributed by atoms with van der Waals surface area (Å²) in [6.45, 7) is 9.37. The molecule has 1 rings (SSSR count). The van der Waals surface area contributed by atoms with Gasteiger partial charge in [0.1, 0.15) is 0 Å². The van der Waals surface area contributed by atoms with Crippen LogP contribution in [0.4, 0.5) is 0 Å². The van der Waals surface area contributed by atoms with Crippen molar-refractivity contribution >= 4 is 0 Å². The minimum absolute atomic E-state index is 0.101. The summed E-state index contributed by atoms with van der Waals surface area (Å²) < 4.78 is 0. The molecule has 1 fully saturated rings. The highest BCUT2D eigenvalue weighted by Crippen LogP contribution is 2.40. The lowest BCUT2D eigenvalue weighted by atomic mass is 9.69. The van der Waals surface area contributed by atoms with Crippen molar-refractivity contribution in [3.05, 3.63) is 0 Å². The minimum Gasteiger partial charge on any atom is -0.393 e. The first-order chi connectivity index (χ1) is 7.79. The number of hydrogen-bond donors (Lipinski definition) is 3. The maximum absolute atomic E-state index is 9.42. The molecule has 1 aliphatic rings. The van der Waals surface area contributed by atoms with Gasteiger partial charge < -0.3 is 16.2 Å². The van der Waals surface area contributed by atoms with Gasteiger partial charge in [-0.05, 0) is 51.4 Å². The predicted octanol–water partition coefficient (Wildman–Crippen LogP) is 2.03. The molecule has 0 radical (unpaired) electrons. The normalized spacial score (nSPS) is 26.5. The second kappa shape index (κ2) is 5.68. The van der Waals surface area contributed by atoms with Crippen LogP contribution in [0.15, 0.2) is 0 Å². The van der Waals surface area contributed by atoms with Crippen molar-refractivity contribution in [2.24, 2.45) is 11.1 Å². The van der Waals surface area contributed by atoms with Crippen molar-refractivity contribution in [2.75, 3.05) is 6.54 Å². The molecule has 1 saturated carbocycles. The zero-order valence-electron chi connectivity index (χ0n) is 11.9. The highest BCUT2D eigenvalue weighted by Gasteiger charge is 2.37. The highest BCUT2D eigenvalue weighted by atomic mass is 16.3. The van der Waals surface area contributed by atoms with Crippen molar-refractivity contribution in [3.8, 4) is 0 Å². The minimum atomic E-state index is -0.243. The third-order valence-electron chi connectivity index (χ3n) is 4.20. The zero-order chi connectivity index (χ0) is 13.1. The molecule has 3 heteroatoms. The SMILES string of the molecule is CC(O)CC(C)NC1(CN)CCC(C)(C)CC1. The first-order valence-corrected chi connectivity index (χ1v) is 6.94. The van der Waals surface area contributed by atoms with Gasteiger partial charge >= 0.3 is 0 Å². The van der Waals surface area contributed by atoms with Gasteiger partial charge in [-0.15, -0.1) is 0 Å². The van der Waals surface area contributed by atoms with E-state index in [1.165, 1.54) is 12.8 Å². The fraction of sp³-hybridized carbons (Fsp3) is 1.00. The molecule has 0 spiro atoms. The molecule has 2 atom stereocenters. The molecule has 0 amide bonds. The van der Waals surface area contributed by atoms with Crippen LogP contribution in [0.2, 0.25) is 0 Å². The largest absolute Gasteiger partial charge is 0.393 e. The lowest BCUT2D eigenvalue weighted by Gasteiger charge is -2.45. The Hall–Kier alpha value is -0.120. The van der Waals surface area contributed by atoms with Gasteiger partial charge in [0.25, 0.3) is 0 Å². The summed E-state index contributed by atoms with van der Waals surface area (Å²) in [4.78, 5) is 0. The molecule has 2 unspecified atom stereocenters. The molecule has 102 valence electrons. The molecule has 0 aromatic carbocycles. The Balaban J connectivity index is 2.53. The number of nitrogens with two attached hydrogens (primary N) is 1. The fourth-order valence-electron chi connectivity index (χ4n) is 2.91. The molecule has 17 heavy (non-hydrogen) atoms. The van der Waals surface area contributed by atoms with Crippen LogP contribution in [-0.2, 0) is 0 Å². The Kier molecular flexibility index (Phi) is 4.99. The summed E-state index contributed by atoms with van der Waals surface area (Å²) in [6.07, 6.45) is 5.33. The van der Waals surface area contributed by atoms with E-state index in [9.17, 15) is 5.11 Å². The first-order valence-electron chi connectivity index (χ1n) is 6.94. The van der Waals surface area contributed by atoms with Crippen LogP contribution in [0.5, 0.6) is 0 Å². The summed E-state index contributed by atoms with van der Waals surface area (Å²) in [5.41, 5.74) is 6.55. The standard InChI is InChI=1S/C14H30N2O/c1-11(9-12(2)17)16-14(10-15)7-5-13(3,4)6-8-14/h11-12,16-17H,5-10,15H2,1-4H3. The number of rotatable bonds is 5. The van der Waals surface area contributed by atoms with E-state index in [0.717, 1.165) is 19.3 Å². The topological polar surface area (TPSA) is 58.3 Å². The van der Waals surface area contributed by atoms with E-state index in [1.807, 2.05) is 6.92 Å². The summed E-state index contributed by atoms with van der Waals surface area (Å²) in [7, 11) is 0. The molecule has 0 aromatic rings. The highest BCUT2D eigenvalue weighted by molar-refractivity contribution is 4.97. The third kappa shape index (κ3) is 4.57. The first kappa shape index (κ1) is 14.9. The van der Waals surface area contributed by atoms with Gasteiger partial charge in [-0.2, -0.15) is 0 Å². The molecule has 0 aliphatic heterocycles. The van der Waals surface area contributed by atoms with Crippen LogP contribution in [0, 0.1) is 5.41 Å². The van der Waals surface area contributed by atoms with Crippen LogP contribution in [0.3, 0.4) is 0 Å². The van der Waals surface area contributed by atoms with Gasteiger partial charge in [0.2, 0.25) is 0 Å². The van der Waals surface area contributed by atoms with Crippen molar-refractivity contribution in [1.82, 2.24) is 5.32 Å². The Labute approximate surface area is 106 Å². The smallest absolute Gasteiger partial charge is 0.0526 e. The maximum Gasteiger partial charge on any atom is 0.0526 e. The van der Waals surface area contributed by atoms with E-state index in [-0.39, 0.29) is 11.6 Å². The number of hydrogen-bond acceptors (Lipinski definition) is 3. The number of nitrogens with one attached hydrogen (secondary N) is 1. The molecule has 3 nitrogen and oxygen atoms in total. The summed E-state index contributed by atoms with van der Waals surface area (Å²) >= 11 is 0. The molecular weight excluding hydrogens is 212 g/mol. The molecule has 0 heterocycles. The Bertz CT molecular complexity index is 228. The fourth-order valence-corrected chi connectivity index (χ4v) is 2.91. The Morgan fingerprint density at radius 1 is 1.18 bits per heavy atom. The van der Waals surface area contributed by atoms with Crippen molar-refractivity contribution in [2.45, 2.75) is 77.5 Å². The summed E-state index contributed by atoms with van der Waals surface area (Å²) in [5, 5.41) is 13.1. The molecule has 0 saturated heterocycles. The van der Waals surface area contributed by atoms with Gasteiger partial charge in [0.15, 0.2) is 0 Å². The van der Waals surface area contributed by atoms with E-state index in [0.29, 0.717) is 18.0 Å². The number of aliphatic hydroxyl groups excluding tert-OH is 1. The van der Waals surface area contributed by atoms with Gasteiger partial charge in [-0.3, -0.25) is 0 Å². The van der Waals surface area contributed by atoms with Crippen LogP contribution in [-0.4, -0.2) is 29.3 Å². The van der Waals surface area contributed by atoms with Crippen LogP contribution in [0.25, 0.3) is 0 Å². The molecule has 0 bridgehead atoms. The van der Waals surface area contributed by atoms with Gasteiger partial charge in [0, 0.05) is 18.1 Å². The monoisotopic (exact) mass is 242 g/mol. The predicted molar refractivity (Wildman–Crippen MR) is 72.9 cm³/mol. The molecule has 1 aliphatic carbocycles. The van der Waals surface area contributed by atoms with Crippen LogP contribution < -0.4 is 11.1 Å². The van der Waals surface area contributed by atoms with E-state index in [4.69, 9.17) is 5.73 Å². The lowest BCUT2D eigenvalue weighted by Crippen LogP contribution is -2.57. The van der Waals surface area contributed by atoms with Crippen molar-refractivity contribution < 1.29 is 5.11 Å². The molecule has 0 aromatic heterocycles. The quantitative estimate of drug-likeness (QED) is 0.691. The van der Waals surface area contributed by atoms with Gasteiger partial charge in [-0.1, -0.05) is 13.8 Å². The zero-order valence-corrected chi connectivity index (χ0v) is 11.9. The lowest BCUT2D eigenvalue weighted by molar-refractivity contribution is 0.113. The van der Waals surface area contributed by atoms with Crippen LogP contribution in [0.1, 0.15) is 59.8 Å². The van der Waals surface area contributed by atoms with E-state index in [1.54, 1.807) is 0 Å². The van der Waals surface area contributed by atoms with E-state index in [2.05, 4.69) is 26.1 Å². The summed E-state index contributed by atoms with van der Waals surface area (Å²) in [5.74, 6) is 0. The Morgan fingerprint density at radius 2 is 1.71 bits per heavy atom. The molecular formula is C14H30N2O. The van der Waals surface area contributed by atoms with Crippen molar-refractivity contribution in [3.63, 3.8) is 0 Å². The third-order valence-corrected chi connectivity index (χ3v) is 4.20. The Morgan fingerprint density at radius 3 is 2.12 bits per heavy atom. The van der Waals surface area contributed by atoms with Gasteiger partial charge in [-0.25, -0.2) is 0 Å². The van der Waals surface area contributed by atoms with Crippen molar-refractivity contribution in [1.29, 1.82) is 0 Å². The molecule has 4 N–H and O–H groups in total. The van der Waals surface area contributed by atoms with E-state index >= 15 is 0 Å². The average molecular weight is 242 g/mol.